The minimum absolute atomic E-state index is 0.183. The van der Waals surface area contributed by atoms with Crippen molar-refractivity contribution in [3.63, 3.8) is 0 Å². The molecule has 1 unspecified atom stereocenters. The number of rotatable bonds is 7. The number of nitrogens with zero attached hydrogens (tertiary/aromatic N) is 3. The molecule has 0 aromatic heterocycles. The van der Waals surface area contributed by atoms with Crippen molar-refractivity contribution in [2.45, 2.75) is 56.4 Å². The van der Waals surface area contributed by atoms with Crippen LogP contribution < -0.4 is 9.64 Å². The Hall–Kier alpha value is -2.58. The van der Waals surface area contributed by atoms with E-state index in [0.717, 1.165) is 68.6 Å². The van der Waals surface area contributed by atoms with Crippen LogP contribution in [0.5, 0.6) is 5.75 Å². The van der Waals surface area contributed by atoms with Gasteiger partial charge in [0.1, 0.15) is 10.6 Å². The predicted octanol–water partition coefficient (Wildman–Crippen LogP) is 4.69. The average Bonchev–Trinajstić information content (AvgIpc) is 2.92. The first kappa shape index (κ1) is 25.5. The Morgan fingerprint density at radius 3 is 2.11 bits per heavy atom. The van der Waals surface area contributed by atoms with Gasteiger partial charge in [0.25, 0.3) is 5.91 Å². The smallest absolute Gasteiger partial charge is 0.254 e. The molecule has 7 nitrogen and oxygen atoms in total. The number of carbonyl (C=O) groups is 1. The van der Waals surface area contributed by atoms with E-state index in [4.69, 9.17) is 4.74 Å². The van der Waals surface area contributed by atoms with Crippen LogP contribution in [0.4, 0.5) is 5.69 Å². The van der Waals surface area contributed by atoms with E-state index in [0.29, 0.717) is 18.7 Å². The molecule has 0 bridgehead atoms. The van der Waals surface area contributed by atoms with Crippen molar-refractivity contribution in [3.8, 4) is 5.75 Å². The molecule has 0 N–H and O–H groups in total. The summed E-state index contributed by atoms with van der Waals surface area (Å²) in [5.74, 6) is 0.560. The molecular weight excluding hydrogens is 462 g/mol. The maximum atomic E-state index is 13.8. The third kappa shape index (κ3) is 5.48. The van der Waals surface area contributed by atoms with Gasteiger partial charge in [-0.1, -0.05) is 18.6 Å². The Morgan fingerprint density at radius 2 is 1.51 bits per heavy atom. The van der Waals surface area contributed by atoms with Gasteiger partial charge in [-0.15, -0.1) is 0 Å². The average molecular weight is 500 g/mol. The van der Waals surface area contributed by atoms with Crippen LogP contribution in [-0.2, 0) is 10.0 Å². The Labute approximate surface area is 209 Å². The van der Waals surface area contributed by atoms with Gasteiger partial charge in [0.15, 0.2) is 0 Å². The number of hydrogen-bond acceptors (Lipinski definition) is 5. The molecule has 35 heavy (non-hydrogen) atoms. The number of hydrogen-bond donors (Lipinski definition) is 0. The molecule has 0 saturated carbocycles. The molecule has 2 heterocycles. The summed E-state index contributed by atoms with van der Waals surface area (Å²) in [7, 11) is -0.316. The maximum absolute atomic E-state index is 13.8. The van der Waals surface area contributed by atoms with E-state index in [2.05, 4.69) is 4.90 Å². The fourth-order valence-corrected chi connectivity index (χ4v) is 6.73. The number of methoxy groups -OCH3 is 1. The van der Waals surface area contributed by atoms with Gasteiger partial charge in [-0.25, -0.2) is 8.42 Å². The lowest BCUT2D eigenvalue weighted by molar-refractivity contribution is 0.0742. The van der Waals surface area contributed by atoms with Crippen molar-refractivity contribution in [2.75, 3.05) is 45.2 Å². The largest absolute Gasteiger partial charge is 0.497 e. The molecule has 2 aliphatic heterocycles. The summed E-state index contributed by atoms with van der Waals surface area (Å²) in [5.41, 5.74) is 2.09. The van der Waals surface area contributed by atoms with Crippen molar-refractivity contribution >= 4 is 21.6 Å². The summed E-state index contributed by atoms with van der Waals surface area (Å²) in [4.78, 5) is 17.6. The van der Waals surface area contributed by atoms with Crippen molar-refractivity contribution < 1.29 is 17.9 Å². The van der Waals surface area contributed by atoms with Crippen LogP contribution in [0.25, 0.3) is 0 Å². The Kier molecular flexibility index (Phi) is 8.02. The number of ether oxygens (including phenoxy) is 1. The lowest BCUT2D eigenvalue weighted by Crippen LogP contribution is -2.38. The topological polar surface area (TPSA) is 70.2 Å². The molecule has 2 fully saturated rings. The highest BCUT2D eigenvalue weighted by Crippen LogP contribution is 2.33. The molecule has 190 valence electrons. The van der Waals surface area contributed by atoms with E-state index in [-0.39, 0.29) is 16.8 Å². The quantitative estimate of drug-likeness (QED) is 0.553. The van der Waals surface area contributed by atoms with E-state index in [1.54, 1.807) is 35.5 Å². The summed E-state index contributed by atoms with van der Waals surface area (Å²) in [5, 5.41) is 0. The van der Waals surface area contributed by atoms with Gasteiger partial charge in [-0.3, -0.25) is 4.79 Å². The predicted molar refractivity (Wildman–Crippen MR) is 139 cm³/mol. The first-order chi connectivity index (χ1) is 16.8. The highest BCUT2D eigenvalue weighted by molar-refractivity contribution is 7.89. The van der Waals surface area contributed by atoms with Gasteiger partial charge >= 0.3 is 0 Å². The second-order valence-electron chi connectivity index (χ2n) is 9.56. The van der Waals surface area contributed by atoms with E-state index < -0.39 is 10.0 Å². The van der Waals surface area contributed by atoms with Crippen molar-refractivity contribution in [1.82, 2.24) is 9.21 Å². The Bertz CT molecular complexity index is 1120. The van der Waals surface area contributed by atoms with Crippen LogP contribution in [0.2, 0.25) is 0 Å². The fraction of sp³-hybridized carbons (Fsp3) is 0.519. The zero-order valence-electron chi connectivity index (χ0n) is 21.1. The van der Waals surface area contributed by atoms with Gasteiger partial charge in [0.2, 0.25) is 10.0 Å². The molecule has 8 heteroatoms. The van der Waals surface area contributed by atoms with Crippen LogP contribution in [0.3, 0.4) is 0 Å². The number of amides is 1. The molecule has 0 aliphatic carbocycles. The maximum Gasteiger partial charge on any atom is 0.254 e. The number of piperidine rings is 2. The molecule has 2 saturated heterocycles. The van der Waals surface area contributed by atoms with Gasteiger partial charge in [0, 0.05) is 38.8 Å². The van der Waals surface area contributed by atoms with E-state index in [1.807, 2.05) is 37.3 Å². The molecule has 1 atom stereocenters. The highest BCUT2D eigenvalue weighted by atomic mass is 32.2. The summed E-state index contributed by atoms with van der Waals surface area (Å²) >= 11 is 0. The van der Waals surface area contributed by atoms with Crippen molar-refractivity contribution in [1.29, 1.82) is 0 Å². The highest BCUT2D eigenvalue weighted by Gasteiger charge is 2.32. The zero-order valence-corrected chi connectivity index (χ0v) is 21.9. The molecule has 2 aliphatic rings. The van der Waals surface area contributed by atoms with Crippen LogP contribution in [-0.4, -0.2) is 63.9 Å². The first-order valence-corrected chi connectivity index (χ1v) is 14.1. The normalized spacial score (nSPS) is 18.2. The summed E-state index contributed by atoms with van der Waals surface area (Å²) in [6, 6.07) is 12.7. The minimum Gasteiger partial charge on any atom is -0.497 e. The summed E-state index contributed by atoms with van der Waals surface area (Å²) in [6.07, 6.45) is 6.06. The monoisotopic (exact) mass is 499 g/mol. The molecule has 2 aromatic rings. The lowest BCUT2D eigenvalue weighted by atomic mass is 10.1. The van der Waals surface area contributed by atoms with E-state index >= 15 is 0 Å². The molecular formula is C27H37N3O4S. The molecule has 0 radical (unpaired) electrons. The zero-order chi connectivity index (χ0) is 25.0. The third-order valence-electron chi connectivity index (χ3n) is 7.34. The Balaban J connectivity index is 1.66. The SMILES string of the molecule is COc1ccc(C(C)N(C)C(=O)c2ccc(N3CCCCC3)c(S(=O)(=O)N3CCCCC3)c2)cc1. The van der Waals surface area contributed by atoms with Crippen molar-refractivity contribution in [3.05, 3.63) is 53.6 Å². The van der Waals surface area contributed by atoms with Gasteiger partial charge < -0.3 is 14.5 Å². The molecule has 1 amide bonds. The number of anilines is 1. The van der Waals surface area contributed by atoms with Crippen molar-refractivity contribution in [2.24, 2.45) is 0 Å². The van der Waals surface area contributed by atoms with Gasteiger partial charge in [0.05, 0.1) is 18.8 Å². The molecule has 2 aromatic carbocycles. The van der Waals surface area contributed by atoms with Crippen LogP contribution in [0.1, 0.15) is 67.4 Å². The third-order valence-corrected chi connectivity index (χ3v) is 9.26. The summed E-state index contributed by atoms with van der Waals surface area (Å²) in [6.45, 7) is 4.71. The van der Waals surface area contributed by atoms with E-state index in [1.165, 1.54) is 0 Å². The van der Waals surface area contributed by atoms with Crippen LogP contribution in [0, 0.1) is 0 Å². The number of carbonyl (C=O) groups excluding carboxylic acids is 1. The van der Waals surface area contributed by atoms with Gasteiger partial charge in [-0.2, -0.15) is 4.31 Å². The van der Waals surface area contributed by atoms with Crippen LogP contribution >= 0.6 is 0 Å². The molecule has 4 rings (SSSR count). The number of sulfonamides is 1. The second-order valence-corrected chi connectivity index (χ2v) is 11.5. The first-order valence-electron chi connectivity index (χ1n) is 12.6. The van der Waals surface area contributed by atoms with E-state index in [9.17, 15) is 13.2 Å². The second kappa shape index (κ2) is 11.0. The van der Waals surface area contributed by atoms with Crippen LogP contribution in [0.15, 0.2) is 47.4 Å². The summed E-state index contributed by atoms with van der Waals surface area (Å²) < 4.78 is 34.4. The molecule has 0 spiro atoms. The Morgan fingerprint density at radius 1 is 0.914 bits per heavy atom. The lowest BCUT2D eigenvalue weighted by Gasteiger charge is -2.33. The van der Waals surface area contributed by atoms with Gasteiger partial charge in [-0.05, 0) is 74.9 Å². The minimum atomic E-state index is -3.70. The number of benzene rings is 2. The fourth-order valence-electron chi connectivity index (χ4n) is 4.98. The standard InChI is InChI=1S/C27H37N3O4S/c1-21(22-10-13-24(34-3)14-11-22)28(2)27(31)23-12-15-25(29-16-6-4-7-17-29)26(20-23)35(32,33)30-18-8-5-9-19-30/h10-15,20-21H,4-9,16-19H2,1-3H3.